The summed E-state index contributed by atoms with van der Waals surface area (Å²) in [6.45, 7) is 9.09. The van der Waals surface area contributed by atoms with E-state index in [0.29, 0.717) is 29.4 Å². The van der Waals surface area contributed by atoms with E-state index >= 15 is 0 Å². The second kappa shape index (κ2) is 26.8. The van der Waals surface area contributed by atoms with Crippen molar-refractivity contribution in [3.8, 4) is 11.5 Å². The molecular formula is C32H38N6O14S4. The minimum absolute atomic E-state index is 0.0431. The zero-order chi connectivity index (χ0) is 42.8. The van der Waals surface area contributed by atoms with Gasteiger partial charge in [-0.1, -0.05) is 38.1 Å². The van der Waals surface area contributed by atoms with Crippen LogP contribution in [0.1, 0.15) is 37.8 Å². The van der Waals surface area contributed by atoms with Crippen LogP contribution in [-0.2, 0) is 41.9 Å². The van der Waals surface area contributed by atoms with Crippen molar-refractivity contribution in [3.05, 3.63) is 90.0 Å². The SMILES string of the molecule is CCCOc1cc(N=Nc2ccc(N=Nc3ccccc3)cc2S(=O)(=O)O)c(C)cc1N.CCCOc1ccc(C)cc1N.O=S(=O)=O.O=S(=O)=O.O=S(=O)=O. The van der Waals surface area contributed by atoms with E-state index in [9.17, 15) is 13.0 Å². The van der Waals surface area contributed by atoms with Gasteiger partial charge >= 0.3 is 31.8 Å². The van der Waals surface area contributed by atoms with Crippen LogP contribution in [0.3, 0.4) is 0 Å². The van der Waals surface area contributed by atoms with Gasteiger partial charge in [-0.05, 0) is 86.3 Å². The predicted molar refractivity (Wildman–Crippen MR) is 203 cm³/mol. The first-order valence-electron chi connectivity index (χ1n) is 15.5. The summed E-state index contributed by atoms with van der Waals surface area (Å²) in [4.78, 5) is -0.429. The van der Waals surface area contributed by atoms with Gasteiger partial charge in [-0.3, -0.25) is 4.55 Å². The maximum Gasteiger partial charge on any atom is 0.425 e. The molecule has 0 aliphatic rings. The molecule has 0 heterocycles. The van der Waals surface area contributed by atoms with Crippen molar-refractivity contribution in [2.75, 3.05) is 24.7 Å². The van der Waals surface area contributed by atoms with Crippen LogP contribution in [0, 0.1) is 13.8 Å². The summed E-state index contributed by atoms with van der Waals surface area (Å²) in [5.41, 5.74) is 16.1. The molecule has 304 valence electrons. The molecule has 0 amide bonds. The molecule has 0 saturated carbocycles. The lowest BCUT2D eigenvalue weighted by atomic mass is 10.1. The molecule has 0 aromatic heterocycles. The number of nitrogens with two attached hydrogens (primary N) is 2. The Balaban J connectivity index is 0.00000102. The highest BCUT2D eigenvalue weighted by Crippen LogP contribution is 2.35. The molecule has 4 rings (SSSR count). The number of azo groups is 2. The normalized spacial score (nSPS) is 10.2. The van der Waals surface area contributed by atoms with Crippen LogP contribution in [0.2, 0.25) is 0 Å². The molecule has 4 aromatic rings. The van der Waals surface area contributed by atoms with Crippen LogP contribution in [-0.4, -0.2) is 64.1 Å². The summed E-state index contributed by atoms with van der Waals surface area (Å²) in [6, 6.07) is 22.3. The lowest BCUT2D eigenvalue weighted by Gasteiger charge is -2.10. The Kier molecular flexibility index (Phi) is 23.9. The standard InChI is InChI=1S/C22H23N5O4S.C10H15NO.3O3S/c1-3-11-31-21-14-20(15(2)12-18(21)23)27-26-19-10-9-17(13-22(19)32(28,29)30)25-24-16-7-5-4-6-8-16;1-3-6-12-10-5-4-8(2)7-9(10)11;3*1-4(2)3/h4-10,12-14H,3,11,23H2,1-2H3,(H,28,29,30);4-5,7H,3,6,11H2,1-2H3;;;. The summed E-state index contributed by atoms with van der Waals surface area (Å²) < 4.78 is 121. The molecule has 0 unspecified atom stereocenters. The second-order valence-corrected chi connectivity index (χ2v) is 13.0. The third-order valence-electron chi connectivity index (χ3n) is 5.94. The molecule has 4 aromatic carbocycles. The molecule has 0 spiro atoms. The minimum Gasteiger partial charge on any atom is -0.491 e. The highest BCUT2D eigenvalue weighted by molar-refractivity contribution is 7.86. The fourth-order valence-electron chi connectivity index (χ4n) is 3.73. The van der Waals surface area contributed by atoms with Crippen molar-refractivity contribution >= 4 is 76.1 Å². The zero-order valence-electron chi connectivity index (χ0n) is 30.2. The van der Waals surface area contributed by atoms with Crippen molar-refractivity contribution in [2.45, 2.75) is 45.4 Å². The van der Waals surface area contributed by atoms with E-state index in [1.54, 1.807) is 43.3 Å². The smallest absolute Gasteiger partial charge is 0.425 e. The molecule has 0 saturated heterocycles. The monoisotopic (exact) mass is 858 g/mol. The zero-order valence-corrected chi connectivity index (χ0v) is 33.4. The van der Waals surface area contributed by atoms with Crippen LogP contribution in [0.15, 0.2) is 104 Å². The van der Waals surface area contributed by atoms with Crippen LogP contribution in [0.4, 0.5) is 34.1 Å². The molecule has 24 heteroatoms. The largest absolute Gasteiger partial charge is 0.491 e. The summed E-state index contributed by atoms with van der Waals surface area (Å²) >= 11 is 0. The number of ether oxygens (including phenoxy) is 2. The van der Waals surface area contributed by atoms with Crippen molar-refractivity contribution in [2.24, 2.45) is 20.5 Å². The molecule has 0 aliphatic carbocycles. The van der Waals surface area contributed by atoms with Gasteiger partial charge in [0.05, 0.1) is 41.7 Å². The summed E-state index contributed by atoms with van der Waals surface area (Å²) in [5.74, 6) is 1.26. The van der Waals surface area contributed by atoms with Gasteiger partial charge in [-0.15, -0.1) is 43.0 Å². The quantitative estimate of drug-likeness (QED) is 0.0911. The molecule has 0 aliphatic heterocycles. The first-order valence-corrected chi connectivity index (χ1v) is 20.0. The molecule has 0 atom stereocenters. The highest BCUT2D eigenvalue weighted by Gasteiger charge is 2.17. The Labute approximate surface area is 327 Å². The third kappa shape index (κ3) is 23.0. The molecule has 0 radical (unpaired) electrons. The van der Waals surface area contributed by atoms with Gasteiger partial charge in [0.15, 0.2) is 0 Å². The lowest BCUT2D eigenvalue weighted by Crippen LogP contribution is -1.99. The average Bonchev–Trinajstić information content (AvgIpc) is 3.09. The van der Waals surface area contributed by atoms with Gasteiger partial charge in [0.1, 0.15) is 22.1 Å². The molecule has 5 N–H and O–H groups in total. The summed E-state index contributed by atoms with van der Waals surface area (Å²) in [5, 5.41) is 16.2. The molecule has 20 nitrogen and oxygen atoms in total. The summed E-state index contributed by atoms with van der Waals surface area (Å²) in [7, 11) is -13.9. The first-order chi connectivity index (χ1) is 26.2. The maximum atomic E-state index is 11.9. The van der Waals surface area contributed by atoms with Gasteiger partial charge in [0.2, 0.25) is 0 Å². The molecular weight excluding hydrogens is 821 g/mol. The van der Waals surface area contributed by atoms with E-state index < -0.39 is 46.8 Å². The molecule has 0 fully saturated rings. The Bertz CT molecular complexity index is 2310. The van der Waals surface area contributed by atoms with Gasteiger partial charge in [-0.2, -0.15) is 23.8 Å². The fraction of sp³-hybridized carbons (Fsp3) is 0.250. The highest BCUT2D eigenvalue weighted by atomic mass is 32.2. The number of anilines is 2. The number of nitrogens with zero attached hydrogens (tertiary/aromatic N) is 4. The van der Waals surface area contributed by atoms with Crippen molar-refractivity contribution in [1.82, 2.24) is 0 Å². The van der Waals surface area contributed by atoms with E-state index in [0.717, 1.165) is 42.0 Å². The molecule has 0 bridgehead atoms. The van der Waals surface area contributed by atoms with Crippen molar-refractivity contribution < 1.29 is 60.3 Å². The predicted octanol–water partition coefficient (Wildman–Crippen LogP) is 5.80. The van der Waals surface area contributed by atoms with Crippen molar-refractivity contribution in [1.29, 1.82) is 0 Å². The van der Waals surface area contributed by atoms with Gasteiger partial charge in [-0.25, -0.2) is 0 Å². The van der Waals surface area contributed by atoms with E-state index in [4.69, 9.17) is 58.8 Å². The fourth-order valence-corrected chi connectivity index (χ4v) is 4.37. The maximum absolute atomic E-state index is 11.9. The lowest BCUT2D eigenvalue weighted by molar-refractivity contribution is 0.319. The first kappa shape index (κ1) is 50.1. The van der Waals surface area contributed by atoms with Gasteiger partial charge < -0.3 is 20.9 Å². The number of hydrogen-bond acceptors (Lipinski definition) is 19. The Hall–Kier alpha value is -5.95. The number of rotatable bonds is 11. The van der Waals surface area contributed by atoms with Gasteiger partial charge in [0.25, 0.3) is 10.1 Å². The number of aryl methyl sites for hydroxylation is 2. The van der Waals surface area contributed by atoms with E-state index in [1.165, 1.54) is 18.2 Å². The Morgan fingerprint density at radius 3 is 1.57 bits per heavy atom. The van der Waals surface area contributed by atoms with E-state index in [1.807, 2.05) is 38.1 Å². The average molecular weight is 859 g/mol. The number of hydrogen-bond donors (Lipinski definition) is 3. The number of nitrogen functional groups attached to an aromatic ring is 2. The Morgan fingerprint density at radius 1 is 0.589 bits per heavy atom. The van der Waals surface area contributed by atoms with Crippen molar-refractivity contribution in [3.63, 3.8) is 0 Å². The van der Waals surface area contributed by atoms with Crippen LogP contribution >= 0.6 is 0 Å². The summed E-state index contributed by atoms with van der Waals surface area (Å²) in [6.07, 6.45) is 1.82. The van der Waals surface area contributed by atoms with Gasteiger partial charge in [0, 0.05) is 6.07 Å². The minimum atomic E-state index is -4.58. The van der Waals surface area contributed by atoms with Crippen LogP contribution < -0.4 is 20.9 Å². The number of benzene rings is 4. The van der Waals surface area contributed by atoms with Crippen LogP contribution in [0.5, 0.6) is 11.5 Å². The van der Waals surface area contributed by atoms with E-state index in [-0.39, 0.29) is 11.4 Å². The van der Waals surface area contributed by atoms with Crippen LogP contribution in [0.25, 0.3) is 0 Å². The Morgan fingerprint density at radius 2 is 1.07 bits per heavy atom. The second-order valence-electron chi connectivity index (χ2n) is 10.4. The topological polar surface area (TPSA) is 328 Å². The molecule has 56 heavy (non-hydrogen) atoms. The van der Waals surface area contributed by atoms with E-state index in [2.05, 4.69) is 27.4 Å². The third-order valence-corrected chi connectivity index (χ3v) is 6.82.